The highest BCUT2D eigenvalue weighted by molar-refractivity contribution is 6.35. The summed E-state index contributed by atoms with van der Waals surface area (Å²) in [7, 11) is 0. The first-order valence-electron chi connectivity index (χ1n) is 7.82. The predicted molar refractivity (Wildman–Crippen MR) is 102 cm³/mol. The van der Waals surface area contributed by atoms with Gasteiger partial charge in [-0.15, -0.1) is 0 Å². The number of nitrogens with one attached hydrogen (secondary N) is 1. The van der Waals surface area contributed by atoms with Gasteiger partial charge in [0.15, 0.2) is 0 Å². The number of rotatable bonds is 5. The molecule has 1 aliphatic rings. The summed E-state index contributed by atoms with van der Waals surface area (Å²) in [5.74, 6) is -0.0407. The third kappa shape index (κ3) is 3.90. The van der Waals surface area contributed by atoms with E-state index in [-0.39, 0.29) is 18.4 Å². The molecule has 0 fully saturated rings. The number of hydrogen-bond donors (Lipinski definition) is 1. The second-order valence-electron chi connectivity index (χ2n) is 5.75. The summed E-state index contributed by atoms with van der Waals surface area (Å²) in [6.45, 7) is 1.89. The van der Waals surface area contributed by atoms with E-state index in [1.54, 1.807) is 41.3 Å². The number of ether oxygens (including phenoxy) is 1. The molecular weight excluding hydrogens is 399 g/mol. The minimum atomic E-state index is -0.750. The van der Waals surface area contributed by atoms with E-state index in [1.165, 1.54) is 6.92 Å². The van der Waals surface area contributed by atoms with Crippen LogP contribution in [0.4, 0.5) is 5.69 Å². The molecule has 2 aromatic carbocycles. The molecule has 1 heterocycles. The Morgan fingerprint density at radius 2 is 1.85 bits per heavy atom. The van der Waals surface area contributed by atoms with Crippen molar-refractivity contribution in [2.45, 2.75) is 13.0 Å². The van der Waals surface area contributed by atoms with Gasteiger partial charge in [0.1, 0.15) is 18.4 Å². The zero-order valence-corrected chi connectivity index (χ0v) is 16.0. The molecule has 0 spiro atoms. The number of carbonyl (C=O) groups excluding carboxylic acids is 2. The van der Waals surface area contributed by atoms with Crippen molar-refractivity contribution in [3.63, 3.8) is 0 Å². The summed E-state index contributed by atoms with van der Waals surface area (Å²) in [5, 5.41) is 4.07. The summed E-state index contributed by atoms with van der Waals surface area (Å²) in [6.07, 6.45) is 0. The average Bonchev–Trinajstić information content (AvgIpc) is 2.81. The van der Waals surface area contributed by atoms with Crippen LogP contribution < -0.4 is 15.0 Å². The fourth-order valence-corrected chi connectivity index (χ4v) is 3.47. The topological polar surface area (TPSA) is 58.6 Å². The van der Waals surface area contributed by atoms with Crippen molar-refractivity contribution >= 4 is 52.3 Å². The van der Waals surface area contributed by atoms with Crippen molar-refractivity contribution in [1.29, 1.82) is 0 Å². The third-order valence-corrected chi connectivity index (χ3v) is 4.68. The van der Waals surface area contributed by atoms with Crippen molar-refractivity contribution in [3.8, 4) is 5.75 Å². The van der Waals surface area contributed by atoms with Crippen LogP contribution in [0.2, 0.25) is 15.1 Å². The molecule has 0 saturated heterocycles. The number of anilines is 1. The first-order chi connectivity index (χ1) is 12.4. The molecule has 5 nitrogen and oxygen atoms in total. The van der Waals surface area contributed by atoms with Crippen LogP contribution in [0.15, 0.2) is 36.4 Å². The Hall–Kier alpha value is -1.95. The minimum Gasteiger partial charge on any atom is -0.490 e. The van der Waals surface area contributed by atoms with Crippen molar-refractivity contribution in [2.24, 2.45) is 0 Å². The van der Waals surface area contributed by atoms with Crippen molar-refractivity contribution in [2.75, 3.05) is 18.1 Å². The highest BCUT2D eigenvalue weighted by Gasteiger charge is 2.37. The Balaban J connectivity index is 1.75. The van der Waals surface area contributed by atoms with Gasteiger partial charge in [-0.25, -0.2) is 0 Å². The van der Waals surface area contributed by atoms with E-state index < -0.39 is 6.04 Å². The highest BCUT2D eigenvalue weighted by Crippen LogP contribution is 2.37. The van der Waals surface area contributed by atoms with E-state index >= 15 is 0 Å². The highest BCUT2D eigenvalue weighted by atomic mass is 35.5. The lowest BCUT2D eigenvalue weighted by Gasteiger charge is -2.18. The number of benzene rings is 2. The van der Waals surface area contributed by atoms with Crippen LogP contribution in [0.5, 0.6) is 5.75 Å². The lowest BCUT2D eigenvalue weighted by Crippen LogP contribution is -2.38. The van der Waals surface area contributed by atoms with Gasteiger partial charge in [-0.05, 0) is 36.4 Å². The molecule has 8 heteroatoms. The molecule has 1 unspecified atom stereocenters. The second kappa shape index (κ2) is 7.74. The third-order valence-electron chi connectivity index (χ3n) is 3.92. The molecule has 1 aliphatic heterocycles. The van der Waals surface area contributed by atoms with Gasteiger partial charge in [-0.2, -0.15) is 0 Å². The molecule has 26 heavy (non-hydrogen) atoms. The molecule has 0 radical (unpaired) electrons. The van der Waals surface area contributed by atoms with E-state index in [9.17, 15) is 9.59 Å². The Morgan fingerprint density at radius 3 is 2.54 bits per heavy atom. The summed E-state index contributed by atoms with van der Waals surface area (Å²) in [5.41, 5.74) is 1.37. The van der Waals surface area contributed by atoms with Crippen LogP contribution in [0.3, 0.4) is 0 Å². The van der Waals surface area contributed by atoms with E-state index in [0.717, 1.165) is 0 Å². The molecule has 3 rings (SSSR count). The van der Waals surface area contributed by atoms with Crippen LogP contribution in [0, 0.1) is 0 Å². The number of fused-ring (bicyclic) bond motifs is 1. The maximum atomic E-state index is 12.7. The molecule has 1 N–H and O–H groups in total. The molecule has 0 bridgehead atoms. The van der Waals surface area contributed by atoms with E-state index in [1.807, 2.05) is 0 Å². The van der Waals surface area contributed by atoms with Crippen LogP contribution in [-0.4, -0.2) is 25.0 Å². The predicted octanol–water partition coefficient (Wildman–Crippen LogP) is 4.25. The summed E-state index contributed by atoms with van der Waals surface area (Å²) < 4.78 is 5.66. The maximum absolute atomic E-state index is 12.7. The molecule has 2 amide bonds. The first-order valence-corrected chi connectivity index (χ1v) is 8.96. The zero-order chi connectivity index (χ0) is 18.8. The standard InChI is InChI=1S/C18H15Cl3N2O3/c1-10(24)22-17-13-8-11(19)2-4-15(13)23(18(17)25)6-7-26-16-5-3-12(20)9-14(16)21/h2-5,8-9,17H,6-7H2,1H3,(H,22,24). The fourth-order valence-electron chi connectivity index (χ4n) is 2.82. The lowest BCUT2D eigenvalue weighted by molar-refractivity contribution is -0.126. The normalized spacial score (nSPS) is 15.8. The minimum absolute atomic E-state index is 0.224. The summed E-state index contributed by atoms with van der Waals surface area (Å²) in [6, 6.07) is 9.33. The SMILES string of the molecule is CC(=O)NC1C(=O)N(CCOc2ccc(Cl)cc2Cl)c2ccc(Cl)cc21. The molecule has 0 aliphatic carbocycles. The van der Waals surface area contributed by atoms with Gasteiger partial charge in [-0.1, -0.05) is 34.8 Å². The number of carbonyl (C=O) groups is 2. The Labute approximate surface area is 165 Å². The van der Waals surface area contributed by atoms with E-state index in [0.29, 0.717) is 38.6 Å². The van der Waals surface area contributed by atoms with Crippen LogP contribution >= 0.6 is 34.8 Å². The van der Waals surface area contributed by atoms with Crippen molar-refractivity contribution < 1.29 is 14.3 Å². The van der Waals surface area contributed by atoms with Gasteiger partial charge in [0, 0.05) is 28.2 Å². The van der Waals surface area contributed by atoms with Gasteiger partial charge in [0.25, 0.3) is 5.91 Å². The van der Waals surface area contributed by atoms with Crippen LogP contribution in [0.1, 0.15) is 18.5 Å². The zero-order valence-electron chi connectivity index (χ0n) is 13.8. The molecule has 2 aromatic rings. The monoisotopic (exact) mass is 412 g/mol. The smallest absolute Gasteiger partial charge is 0.254 e. The van der Waals surface area contributed by atoms with Crippen LogP contribution in [-0.2, 0) is 9.59 Å². The largest absolute Gasteiger partial charge is 0.490 e. The lowest BCUT2D eigenvalue weighted by atomic mass is 10.1. The average molecular weight is 414 g/mol. The molecule has 0 aromatic heterocycles. The summed E-state index contributed by atoms with van der Waals surface area (Å²) >= 11 is 18.0. The molecule has 136 valence electrons. The number of amides is 2. The van der Waals surface area contributed by atoms with E-state index in [2.05, 4.69) is 5.32 Å². The number of nitrogens with zero attached hydrogens (tertiary/aromatic N) is 1. The van der Waals surface area contributed by atoms with Crippen molar-refractivity contribution in [3.05, 3.63) is 57.0 Å². The maximum Gasteiger partial charge on any atom is 0.254 e. The Kier molecular flexibility index (Phi) is 5.61. The van der Waals surface area contributed by atoms with Gasteiger partial charge in [0.2, 0.25) is 5.91 Å². The second-order valence-corrected chi connectivity index (χ2v) is 7.03. The Morgan fingerprint density at radius 1 is 1.15 bits per heavy atom. The fraction of sp³-hybridized carbons (Fsp3) is 0.222. The van der Waals surface area contributed by atoms with Gasteiger partial charge >= 0.3 is 0 Å². The number of hydrogen-bond acceptors (Lipinski definition) is 3. The summed E-state index contributed by atoms with van der Waals surface area (Å²) in [4.78, 5) is 25.7. The van der Waals surface area contributed by atoms with Gasteiger partial charge in [-0.3, -0.25) is 9.59 Å². The number of halogens is 3. The first kappa shape index (κ1) is 18.8. The van der Waals surface area contributed by atoms with Crippen LogP contribution in [0.25, 0.3) is 0 Å². The molecular formula is C18H15Cl3N2O3. The van der Waals surface area contributed by atoms with Gasteiger partial charge < -0.3 is 15.0 Å². The Bertz CT molecular complexity index is 873. The van der Waals surface area contributed by atoms with Gasteiger partial charge in [0.05, 0.1) is 11.6 Å². The quantitative estimate of drug-likeness (QED) is 0.797. The molecule has 1 atom stereocenters. The van der Waals surface area contributed by atoms with Crippen molar-refractivity contribution in [1.82, 2.24) is 5.32 Å². The molecule has 0 saturated carbocycles. The van der Waals surface area contributed by atoms with E-state index in [4.69, 9.17) is 39.5 Å².